The number of thiocarbonyl (C=S) groups is 1. The van der Waals surface area contributed by atoms with Gasteiger partial charge in [-0.1, -0.05) is 54.6 Å². The maximum absolute atomic E-state index is 5.30. The van der Waals surface area contributed by atoms with Crippen molar-refractivity contribution in [1.29, 1.82) is 0 Å². The van der Waals surface area contributed by atoms with Gasteiger partial charge in [-0.15, -0.1) is 0 Å². The number of hydrogen-bond acceptors (Lipinski definition) is 3. The molecule has 0 saturated heterocycles. The Morgan fingerprint density at radius 2 is 1.50 bits per heavy atom. The van der Waals surface area contributed by atoms with Gasteiger partial charge in [0.15, 0.2) is 5.11 Å². The first kappa shape index (κ1) is 20.1. The zero-order chi connectivity index (χ0) is 18.6. The van der Waals surface area contributed by atoms with Crippen LogP contribution in [0.25, 0.3) is 0 Å². The van der Waals surface area contributed by atoms with Crippen molar-refractivity contribution in [2.45, 2.75) is 0 Å². The van der Waals surface area contributed by atoms with Crippen LogP contribution in [0.3, 0.4) is 0 Å². The van der Waals surface area contributed by atoms with Gasteiger partial charge in [-0.3, -0.25) is 10.4 Å². The van der Waals surface area contributed by atoms with Gasteiger partial charge in [0.05, 0.1) is 5.69 Å². The normalized spacial score (nSPS) is 10.3. The fourth-order valence-corrected chi connectivity index (χ4v) is 2.32. The summed E-state index contributed by atoms with van der Waals surface area (Å²) in [5.41, 5.74) is 6.27. The van der Waals surface area contributed by atoms with Crippen LogP contribution in [-0.2, 0) is 14.6 Å². The van der Waals surface area contributed by atoms with E-state index >= 15 is 0 Å². The molecule has 0 fully saturated rings. The monoisotopic (exact) mass is 425 g/mol. The second-order valence-electron chi connectivity index (χ2n) is 4.97. The number of aromatic nitrogens is 1. The van der Waals surface area contributed by atoms with E-state index < -0.39 is 0 Å². The molecule has 4 nitrogen and oxygen atoms in total. The van der Waals surface area contributed by atoms with Gasteiger partial charge in [0, 0.05) is 17.4 Å². The van der Waals surface area contributed by atoms with Crippen molar-refractivity contribution in [2.24, 2.45) is 5.10 Å². The summed E-state index contributed by atoms with van der Waals surface area (Å²) in [6.07, 6.45) is 1.74. The first-order valence-electron chi connectivity index (χ1n) is 7.61. The first-order valence-corrected chi connectivity index (χ1v) is 9.38. The molecule has 135 valence electrons. The summed E-state index contributed by atoms with van der Waals surface area (Å²) in [5.74, 6) is 0. The van der Waals surface area contributed by atoms with Gasteiger partial charge in [0.1, 0.15) is 5.71 Å². The van der Waals surface area contributed by atoms with Crippen molar-refractivity contribution in [2.75, 3.05) is 5.32 Å². The Labute approximate surface area is 170 Å². The zero-order valence-corrected chi connectivity index (χ0v) is 16.1. The standard InChI is InChI=1S/C19H16N4S.ClH.Ni/c24-19(21-16-11-5-2-6-12-16)23-22-18(15-9-3-1-4-10-15)17-13-7-8-14-20-17;;/h1-14H,(H2,21,23,24);1H;/q;;+1/p-1. The molecular formula is C19H16ClN4NiS. The molecule has 3 aromatic rings. The van der Waals surface area contributed by atoms with Gasteiger partial charge >= 0.3 is 24.8 Å². The molecule has 2 N–H and O–H groups in total. The van der Waals surface area contributed by atoms with Crippen LogP contribution in [0.1, 0.15) is 11.3 Å². The zero-order valence-electron chi connectivity index (χ0n) is 13.6. The minimum atomic E-state index is 0.422. The Kier molecular flexibility index (Phi) is 8.77. The Hall–Kier alpha value is -2.27. The fourth-order valence-electron chi connectivity index (χ4n) is 2.16. The average molecular weight is 427 g/mol. The number of nitrogens with one attached hydrogen (secondary N) is 2. The Morgan fingerprint density at radius 1 is 0.885 bits per heavy atom. The van der Waals surface area contributed by atoms with Gasteiger partial charge in [-0.05, 0) is 36.5 Å². The molecule has 0 aliphatic carbocycles. The number of anilines is 1. The van der Waals surface area contributed by atoms with E-state index in [4.69, 9.17) is 12.2 Å². The van der Waals surface area contributed by atoms with Crippen molar-refractivity contribution in [3.8, 4) is 0 Å². The Morgan fingerprint density at radius 3 is 2.12 bits per heavy atom. The molecule has 2 aromatic carbocycles. The van der Waals surface area contributed by atoms with Crippen molar-refractivity contribution < 1.29 is 14.6 Å². The summed E-state index contributed by atoms with van der Waals surface area (Å²) in [6, 6.07) is 25.3. The van der Waals surface area contributed by atoms with Crippen LogP contribution in [0.5, 0.6) is 0 Å². The van der Waals surface area contributed by atoms with E-state index in [1.165, 1.54) is 0 Å². The summed E-state index contributed by atoms with van der Waals surface area (Å²) in [6.45, 7) is 0. The topological polar surface area (TPSA) is 49.3 Å². The Balaban J connectivity index is 0.00000117. The average Bonchev–Trinajstić information content (AvgIpc) is 2.72. The molecule has 0 amide bonds. The Bertz CT molecular complexity index is 788. The van der Waals surface area contributed by atoms with Gasteiger partial charge in [-0.2, -0.15) is 5.10 Å². The molecule has 0 bridgehead atoms. The van der Waals surface area contributed by atoms with Crippen LogP contribution in [0.2, 0.25) is 0 Å². The van der Waals surface area contributed by atoms with E-state index in [1.807, 2.05) is 78.9 Å². The quantitative estimate of drug-likeness (QED) is 0.279. The summed E-state index contributed by atoms with van der Waals surface area (Å²) in [5, 5.41) is 7.98. The van der Waals surface area contributed by atoms with E-state index in [1.54, 1.807) is 6.20 Å². The summed E-state index contributed by atoms with van der Waals surface area (Å²) in [7, 11) is 4.26. The number of halogens is 1. The van der Waals surface area contributed by atoms with Crippen LogP contribution in [0.15, 0.2) is 90.2 Å². The summed E-state index contributed by atoms with van der Waals surface area (Å²) in [4.78, 5) is 4.38. The molecule has 0 saturated carbocycles. The fraction of sp³-hybridized carbons (Fsp3) is 0. The molecule has 0 radical (unpaired) electrons. The first-order chi connectivity index (χ1) is 12.8. The van der Waals surface area contributed by atoms with E-state index in [0.717, 1.165) is 22.7 Å². The predicted molar refractivity (Wildman–Crippen MR) is 108 cm³/mol. The van der Waals surface area contributed by atoms with Crippen LogP contribution in [0.4, 0.5) is 5.69 Å². The van der Waals surface area contributed by atoms with Gasteiger partial charge in [0.25, 0.3) is 0 Å². The third-order valence-corrected chi connectivity index (χ3v) is 3.45. The van der Waals surface area contributed by atoms with Crippen LogP contribution in [0, 0.1) is 0 Å². The van der Waals surface area contributed by atoms with Crippen molar-refractivity contribution >= 4 is 38.9 Å². The van der Waals surface area contributed by atoms with Crippen molar-refractivity contribution in [3.63, 3.8) is 0 Å². The SMILES string of the molecule is S=C(NN=C(c1ccccc1)c1ccccn1)Nc1ccccc1.[Cl][Ni]. The molecular weight excluding hydrogens is 410 g/mol. The van der Waals surface area contributed by atoms with E-state index in [-0.39, 0.29) is 0 Å². The third kappa shape index (κ3) is 6.23. The second-order valence-corrected chi connectivity index (χ2v) is 5.38. The number of hydrazone groups is 1. The summed E-state index contributed by atoms with van der Waals surface area (Å²) >= 11 is 8.65. The summed E-state index contributed by atoms with van der Waals surface area (Å²) < 4.78 is 0. The molecule has 7 heteroatoms. The van der Waals surface area contributed by atoms with Crippen LogP contribution < -0.4 is 10.7 Å². The van der Waals surface area contributed by atoms with Crippen molar-refractivity contribution in [3.05, 3.63) is 96.3 Å². The third-order valence-electron chi connectivity index (χ3n) is 3.26. The molecule has 1 aromatic heterocycles. The molecule has 0 spiro atoms. The molecule has 0 aliphatic rings. The van der Waals surface area contributed by atoms with Gasteiger partial charge in [0.2, 0.25) is 0 Å². The number of benzene rings is 2. The number of pyridine rings is 1. The molecule has 0 atom stereocenters. The number of para-hydroxylation sites is 1. The van der Waals surface area contributed by atoms with E-state index in [9.17, 15) is 0 Å². The van der Waals surface area contributed by atoms with Crippen LogP contribution in [-0.4, -0.2) is 15.8 Å². The molecule has 0 aliphatic heterocycles. The molecule has 1 heterocycles. The minimum absolute atomic E-state index is 0.422. The van der Waals surface area contributed by atoms with Gasteiger partial charge < -0.3 is 5.32 Å². The number of rotatable bonds is 4. The molecule has 0 unspecified atom stereocenters. The number of hydrogen-bond donors (Lipinski definition) is 2. The van der Waals surface area contributed by atoms with Crippen LogP contribution >= 0.6 is 22.4 Å². The van der Waals surface area contributed by atoms with E-state index in [2.05, 4.69) is 45.6 Å². The molecule has 3 rings (SSSR count). The van der Waals surface area contributed by atoms with Crippen molar-refractivity contribution in [1.82, 2.24) is 10.4 Å². The maximum atomic E-state index is 5.30. The van der Waals surface area contributed by atoms with E-state index in [0.29, 0.717) is 5.11 Å². The number of nitrogens with zero attached hydrogens (tertiary/aromatic N) is 2. The molecule has 26 heavy (non-hydrogen) atoms. The second kappa shape index (κ2) is 11.4. The van der Waals surface area contributed by atoms with Gasteiger partial charge in [-0.25, -0.2) is 0 Å². The predicted octanol–water partition coefficient (Wildman–Crippen LogP) is 4.51.